The first kappa shape index (κ1) is 36.7. The highest BCUT2D eigenvalue weighted by Gasteiger charge is 2.37. The summed E-state index contributed by atoms with van der Waals surface area (Å²) in [4.78, 5) is 10.2. The Kier molecular flexibility index (Phi) is 8.79. The molecule has 286 valence electrons. The molecular weight excluding hydrogens is 791 g/mol. The van der Waals surface area contributed by atoms with Crippen molar-refractivity contribution < 1.29 is 4.74 Å². The van der Waals surface area contributed by atoms with E-state index in [0.29, 0.717) is 0 Å². The molecule has 59 heavy (non-hydrogen) atoms. The molecule has 3 aliphatic rings. The topological polar surface area (TPSA) is 12.5 Å². The monoisotopic (exact) mass is 831 g/mol. The Hall–Kier alpha value is -5.37. The molecule has 6 heteroatoms. The van der Waals surface area contributed by atoms with Crippen molar-refractivity contribution >= 4 is 70.8 Å². The van der Waals surface area contributed by atoms with Crippen molar-refractivity contribution in [2.45, 2.75) is 61.7 Å². The van der Waals surface area contributed by atoms with Crippen molar-refractivity contribution in [2.75, 3.05) is 4.90 Å². The third kappa shape index (κ3) is 6.02. The van der Waals surface area contributed by atoms with E-state index in [1.807, 2.05) is 35.7 Å². The summed E-state index contributed by atoms with van der Waals surface area (Å²) in [6.45, 7) is 9.72. The Bertz CT molecular complexity index is 2960. The maximum Gasteiger partial charge on any atom is 0.142 e. The van der Waals surface area contributed by atoms with E-state index in [0.717, 1.165) is 32.7 Å². The summed E-state index contributed by atoms with van der Waals surface area (Å²) >= 11 is 5.61. The van der Waals surface area contributed by atoms with Crippen LogP contribution in [0.2, 0.25) is 13.1 Å². The molecule has 0 bridgehead atoms. The first-order valence-electron chi connectivity index (χ1n) is 20.2. The molecule has 0 unspecified atom stereocenters. The van der Waals surface area contributed by atoms with Gasteiger partial charge in [-0.15, -0.1) is 0 Å². The van der Waals surface area contributed by atoms with Crippen molar-refractivity contribution in [2.24, 2.45) is 0 Å². The fourth-order valence-corrected chi connectivity index (χ4v) is 17.3. The number of nitrogens with zero attached hydrogens (tertiary/aromatic N) is 1. The van der Waals surface area contributed by atoms with Crippen LogP contribution in [0.4, 0.5) is 17.1 Å². The van der Waals surface area contributed by atoms with E-state index in [2.05, 4.69) is 196 Å². The molecule has 0 N–H and O–H groups in total. The van der Waals surface area contributed by atoms with Gasteiger partial charge in [0.15, 0.2) is 0 Å². The Labute approximate surface area is 360 Å². The van der Waals surface area contributed by atoms with Gasteiger partial charge in [-0.1, -0.05) is 177 Å². The number of benzene rings is 8. The van der Waals surface area contributed by atoms with Gasteiger partial charge >= 0.3 is 0 Å². The van der Waals surface area contributed by atoms with Crippen LogP contribution >= 0.6 is 35.3 Å². The third-order valence-electron chi connectivity index (χ3n) is 12.3. The minimum Gasteiger partial charge on any atom is -0.455 e. The molecule has 8 aromatic rings. The summed E-state index contributed by atoms with van der Waals surface area (Å²) in [6.07, 6.45) is 0. The van der Waals surface area contributed by atoms with Crippen LogP contribution in [-0.4, -0.2) is 8.07 Å². The zero-order valence-electron chi connectivity index (χ0n) is 33.3. The lowest BCUT2D eigenvalue weighted by Gasteiger charge is -2.36. The predicted octanol–water partition coefficient (Wildman–Crippen LogP) is 14.8. The summed E-state index contributed by atoms with van der Waals surface area (Å²) < 4.78 is 6.38. The summed E-state index contributed by atoms with van der Waals surface area (Å²) in [6, 6.07) is 64.8. The molecule has 3 heterocycles. The van der Waals surface area contributed by atoms with E-state index in [9.17, 15) is 0 Å². The van der Waals surface area contributed by atoms with Crippen LogP contribution in [0.3, 0.4) is 0 Å². The van der Waals surface area contributed by atoms with Gasteiger partial charge < -0.3 is 9.64 Å². The number of rotatable bonds is 5. The van der Waals surface area contributed by atoms with E-state index in [1.54, 1.807) is 11.8 Å². The summed E-state index contributed by atoms with van der Waals surface area (Å²) in [5.41, 5.74) is 11.0. The SMILES string of the molecule is CC1(C)c2ccccc2Sc2c(-c3ccc(N(c4ccc(-c5cccc6c5Sc5ccccc5O6)cc4)c4cccc5c4Sc4ccccc4[Si]5(C)C)cc3)cccc21. The highest BCUT2D eigenvalue weighted by molar-refractivity contribution is 8.00. The Morgan fingerprint density at radius 2 is 0.966 bits per heavy atom. The highest BCUT2D eigenvalue weighted by Crippen LogP contribution is 2.54. The molecule has 0 radical (unpaired) electrons. The summed E-state index contributed by atoms with van der Waals surface area (Å²) in [5.74, 6) is 1.82. The van der Waals surface area contributed by atoms with Gasteiger partial charge in [0.1, 0.15) is 19.6 Å². The Morgan fingerprint density at radius 1 is 0.441 bits per heavy atom. The smallest absolute Gasteiger partial charge is 0.142 e. The molecule has 0 saturated carbocycles. The van der Waals surface area contributed by atoms with Crippen LogP contribution in [0, 0.1) is 0 Å². The second kappa shape index (κ2) is 14.1. The summed E-state index contributed by atoms with van der Waals surface area (Å²) in [7, 11) is -1.97. The number of hydrogen-bond donors (Lipinski definition) is 0. The highest BCUT2D eigenvalue weighted by atomic mass is 32.2. The minimum atomic E-state index is -1.97. The van der Waals surface area contributed by atoms with Crippen LogP contribution in [0.25, 0.3) is 22.3 Å². The van der Waals surface area contributed by atoms with E-state index < -0.39 is 8.07 Å². The molecule has 3 aliphatic heterocycles. The van der Waals surface area contributed by atoms with Crippen LogP contribution in [0.15, 0.2) is 205 Å². The van der Waals surface area contributed by atoms with Gasteiger partial charge in [-0.3, -0.25) is 0 Å². The van der Waals surface area contributed by atoms with Gasteiger partial charge in [0.25, 0.3) is 0 Å². The fourth-order valence-electron chi connectivity index (χ4n) is 9.10. The third-order valence-corrected chi connectivity index (χ3v) is 19.8. The van der Waals surface area contributed by atoms with Gasteiger partial charge in [-0.2, -0.15) is 0 Å². The molecule has 0 aliphatic carbocycles. The average molecular weight is 832 g/mol. The zero-order chi connectivity index (χ0) is 39.9. The van der Waals surface area contributed by atoms with E-state index >= 15 is 0 Å². The molecule has 11 rings (SSSR count). The largest absolute Gasteiger partial charge is 0.455 e. The van der Waals surface area contributed by atoms with E-state index in [-0.39, 0.29) is 5.41 Å². The number of ether oxygens (including phenoxy) is 1. The first-order valence-corrected chi connectivity index (χ1v) is 25.6. The second-order valence-corrected chi connectivity index (χ2v) is 24.0. The molecule has 0 amide bonds. The van der Waals surface area contributed by atoms with Crippen LogP contribution < -0.4 is 20.0 Å². The van der Waals surface area contributed by atoms with Crippen LogP contribution in [-0.2, 0) is 5.41 Å². The Morgan fingerprint density at radius 3 is 1.71 bits per heavy atom. The number of fused-ring (bicyclic) bond motifs is 6. The van der Waals surface area contributed by atoms with Gasteiger partial charge in [0.05, 0.1) is 15.5 Å². The molecular formula is C53H41NOS3Si. The fraction of sp³-hybridized carbons (Fsp3) is 0.0943. The maximum atomic E-state index is 6.38. The average Bonchev–Trinajstić information content (AvgIpc) is 3.26. The summed E-state index contributed by atoms with van der Waals surface area (Å²) in [5, 5.41) is 3.00. The predicted molar refractivity (Wildman–Crippen MR) is 253 cm³/mol. The lowest BCUT2D eigenvalue weighted by molar-refractivity contribution is 0.455. The van der Waals surface area contributed by atoms with E-state index in [1.165, 1.54) is 69.0 Å². The van der Waals surface area contributed by atoms with Gasteiger partial charge in [0, 0.05) is 36.4 Å². The van der Waals surface area contributed by atoms with Crippen molar-refractivity contribution in [3.63, 3.8) is 0 Å². The van der Waals surface area contributed by atoms with Crippen LogP contribution in [0.1, 0.15) is 25.0 Å². The lowest BCUT2D eigenvalue weighted by atomic mass is 9.77. The molecule has 0 saturated heterocycles. The van der Waals surface area contributed by atoms with Crippen molar-refractivity contribution in [3.05, 3.63) is 187 Å². The number of para-hydroxylation sites is 1. The minimum absolute atomic E-state index is 0.0783. The van der Waals surface area contributed by atoms with Crippen molar-refractivity contribution in [1.82, 2.24) is 0 Å². The molecule has 0 fully saturated rings. The van der Waals surface area contributed by atoms with Gasteiger partial charge in [0.2, 0.25) is 0 Å². The standard InChI is InChI=1S/C53H41NOS3Si/c1-53(2)40-16-5-7-21-45(40)56-50-38(14-11-17-41(50)53)34-26-30-36(31-27-34)54(42-18-13-25-49-52(42)58-47-23-9-10-24-48(47)59(49,3)4)37-32-28-35(29-33-37)39-15-12-20-44-51(39)57-46-22-8-6-19-43(46)55-44/h5-33H,1-4H3. The normalized spacial score (nSPS) is 15.0. The van der Waals surface area contributed by atoms with Crippen LogP contribution in [0.5, 0.6) is 11.5 Å². The molecule has 0 aromatic heterocycles. The molecule has 8 aromatic carbocycles. The van der Waals surface area contributed by atoms with Crippen molar-refractivity contribution in [3.8, 4) is 33.8 Å². The Balaban J connectivity index is 1.02. The number of anilines is 3. The molecule has 0 spiro atoms. The first-order chi connectivity index (χ1) is 28.8. The van der Waals surface area contributed by atoms with Crippen molar-refractivity contribution in [1.29, 1.82) is 0 Å². The van der Waals surface area contributed by atoms with Gasteiger partial charge in [-0.25, -0.2) is 0 Å². The zero-order valence-corrected chi connectivity index (χ0v) is 36.8. The molecule has 0 atom stereocenters. The van der Waals surface area contributed by atoms with Gasteiger partial charge in [-0.05, 0) is 104 Å². The quantitative estimate of drug-likeness (QED) is 0.160. The lowest BCUT2D eigenvalue weighted by Crippen LogP contribution is -2.56. The molecule has 2 nitrogen and oxygen atoms in total. The maximum absolute atomic E-state index is 6.38. The van der Waals surface area contributed by atoms with E-state index in [4.69, 9.17) is 4.74 Å². The number of hydrogen-bond acceptors (Lipinski definition) is 5. The second-order valence-electron chi connectivity index (χ2n) is 16.5.